The van der Waals surface area contributed by atoms with Crippen molar-refractivity contribution in [3.63, 3.8) is 0 Å². The van der Waals surface area contributed by atoms with Crippen molar-refractivity contribution < 1.29 is 5.11 Å². The van der Waals surface area contributed by atoms with Crippen LogP contribution in [0.1, 0.15) is 81.4 Å². The molecule has 1 saturated carbocycles. The van der Waals surface area contributed by atoms with Gasteiger partial charge in [-0.2, -0.15) is 0 Å². The van der Waals surface area contributed by atoms with Gasteiger partial charge in [0.25, 0.3) is 0 Å². The van der Waals surface area contributed by atoms with E-state index in [1.807, 2.05) is 0 Å². The summed E-state index contributed by atoms with van der Waals surface area (Å²) in [6, 6.07) is 7.30. The van der Waals surface area contributed by atoms with Crippen molar-refractivity contribution in [3.8, 4) is 0 Å². The van der Waals surface area contributed by atoms with E-state index in [2.05, 4.69) is 32.0 Å². The third kappa shape index (κ3) is 3.40. The van der Waals surface area contributed by atoms with E-state index in [1.54, 1.807) is 11.1 Å². The highest BCUT2D eigenvalue weighted by atomic mass is 16.3. The zero-order chi connectivity index (χ0) is 15.6. The topological polar surface area (TPSA) is 20.2 Å². The highest BCUT2D eigenvalue weighted by molar-refractivity contribution is 5.36. The first-order chi connectivity index (χ1) is 10.6. The Hall–Kier alpha value is -0.820. The number of rotatable bonds is 5. The van der Waals surface area contributed by atoms with Crippen LogP contribution in [0.3, 0.4) is 0 Å². The van der Waals surface area contributed by atoms with Crippen molar-refractivity contribution in [2.24, 2.45) is 11.3 Å². The molecule has 3 rings (SSSR count). The van der Waals surface area contributed by atoms with Crippen molar-refractivity contribution >= 4 is 0 Å². The first-order valence-electron chi connectivity index (χ1n) is 9.36. The van der Waals surface area contributed by atoms with Crippen LogP contribution in [-0.2, 0) is 12.8 Å². The Morgan fingerprint density at radius 2 is 2.09 bits per heavy atom. The largest absolute Gasteiger partial charge is 0.396 e. The van der Waals surface area contributed by atoms with Gasteiger partial charge in [-0.15, -0.1) is 0 Å². The van der Waals surface area contributed by atoms with Gasteiger partial charge >= 0.3 is 0 Å². The Labute approximate surface area is 136 Å². The molecule has 1 aromatic rings. The van der Waals surface area contributed by atoms with Crippen LogP contribution in [0.2, 0.25) is 0 Å². The maximum atomic E-state index is 9.58. The summed E-state index contributed by atoms with van der Waals surface area (Å²) < 4.78 is 0. The van der Waals surface area contributed by atoms with Gasteiger partial charge in [0.05, 0.1) is 0 Å². The summed E-state index contributed by atoms with van der Waals surface area (Å²) in [6.45, 7) is 4.88. The van der Waals surface area contributed by atoms with E-state index in [-0.39, 0.29) is 5.41 Å². The Morgan fingerprint density at radius 3 is 2.82 bits per heavy atom. The molecule has 0 heterocycles. The van der Waals surface area contributed by atoms with Crippen LogP contribution >= 0.6 is 0 Å². The molecule has 1 nitrogen and oxygen atoms in total. The van der Waals surface area contributed by atoms with E-state index >= 15 is 0 Å². The summed E-state index contributed by atoms with van der Waals surface area (Å²) in [5.41, 5.74) is 4.91. The molecule has 0 spiro atoms. The van der Waals surface area contributed by atoms with E-state index < -0.39 is 0 Å². The average Bonchev–Trinajstić information content (AvgIpc) is 2.95. The second kappa shape index (κ2) is 6.74. The monoisotopic (exact) mass is 300 g/mol. The standard InChI is InChI=1S/C21H32O/c1-3-4-5-16-6-7-18-13-19(9-8-17(18)12-16)20-10-11-21(2,14-20)15-22/h8-9,13,16,20,22H,3-7,10-12,14-15H2,1-2H3/t16?,20-,21-/m0/s1. The number of hydrogen-bond donors (Lipinski definition) is 1. The SMILES string of the molecule is CCCCC1CCc2cc([C@H]3CC[C@](C)(CO)C3)ccc2C1. The minimum Gasteiger partial charge on any atom is -0.396 e. The minimum atomic E-state index is 0.159. The quantitative estimate of drug-likeness (QED) is 0.787. The number of aryl methyl sites for hydroxylation is 1. The average molecular weight is 300 g/mol. The number of unbranched alkanes of at least 4 members (excludes halogenated alkanes) is 1. The van der Waals surface area contributed by atoms with Gasteiger partial charge in [-0.05, 0) is 72.5 Å². The molecule has 0 amide bonds. The second-order valence-corrected chi connectivity index (χ2v) is 8.19. The van der Waals surface area contributed by atoms with Crippen molar-refractivity contribution in [3.05, 3.63) is 34.9 Å². The molecule has 22 heavy (non-hydrogen) atoms. The predicted octanol–water partition coefficient (Wildman–Crippen LogP) is 5.25. The first kappa shape index (κ1) is 16.1. The lowest BCUT2D eigenvalue weighted by molar-refractivity contribution is 0.147. The van der Waals surface area contributed by atoms with Crippen LogP contribution in [-0.4, -0.2) is 11.7 Å². The van der Waals surface area contributed by atoms with Gasteiger partial charge in [0.2, 0.25) is 0 Å². The van der Waals surface area contributed by atoms with Gasteiger partial charge in [-0.25, -0.2) is 0 Å². The molecule has 0 aromatic heterocycles. The van der Waals surface area contributed by atoms with Crippen molar-refractivity contribution in [2.45, 2.75) is 77.6 Å². The summed E-state index contributed by atoms with van der Waals surface area (Å²) >= 11 is 0. The maximum absolute atomic E-state index is 9.58. The van der Waals surface area contributed by atoms with Gasteiger partial charge in [-0.3, -0.25) is 0 Å². The first-order valence-corrected chi connectivity index (χ1v) is 9.36. The number of fused-ring (bicyclic) bond motifs is 1. The minimum absolute atomic E-state index is 0.159. The Bertz CT molecular complexity index is 507. The van der Waals surface area contributed by atoms with Gasteiger partial charge in [0.1, 0.15) is 0 Å². The fourth-order valence-corrected chi connectivity index (χ4v) is 4.59. The fraction of sp³-hybridized carbons (Fsp3) is 0.714. The number of aliphatic hydroxyl groups is 1. The summed E-state index contributed by atoms with van der Waals surface area (Å²) in [6.07, 6.45) is 11.7. The fourth-order valence-electron chi connectivity index (χ4n) is 4.59. The van der Waals surface area contributed by atoms with Crippen LogP contribution in [0, 0.1) is 11.3 Å². The highest BCUT2D eigenvalue weighted by Crippen LogP contribution is 2.46. The summed E-state index contributed by atoms with van der Waals surface area (Å²) in [5.74, 6) is 1.59. The molecule has 2 aliphatic rings. The van der Waals surface area contributed by atoms with Crippen LogP contribution in [0.15, 0.2) is 18.2 Å². The molecular weight excluding hydrogens is 268 g/mol. The van der Waals surface area contributed by atoms with Gasteiger partial charge in [-0.1, -0.05) is 51.3 Å². The van der Waals surface area contributed by atoms with Crippen molar-refractivity contribution in [2.75, 3.05) is 6.61 Å². The molecule has 1 fully saturated rings. The third-order valence-electron chi connectivity index (χ3n) is 6.22. The molecule has 0 radical (unpaired) electrons. The molecular formula is C21H32O. The molecule has 122 valence electrons. The number of hydrogen-bond acceptors (Lipinski definition) is 1. The van der Waals surface area contributed by atoms with Crippen LogP contribution < -0.4 is 0 Å². The van der Waals surface area contributed by atoms with Crippen molar-refractivity contribution in [1.82, 2.24) is 0 Å². The molecule has 0 bridgehead atoms. The van der Waals surface area contributed by atoms with E-state index in [0.717, 1.165) is 12.3 Å². The molecule has 1 N–H and O–H groups in total. The zero-order valence-electron chi connectivity index (χ0n) is 14.4. The Kier molecular flexibility index (Phi) is 4.92. The smallest absolute Gasteiger partial charge is 0.0484 e. The number of benzene rings is 1. The highest BCUT2D eigenvalue weighted by Gasteiger charge is 2.35. The van der Waals surface area contributed by atoms with Crippen LogP contribution in [0.4, 0.5) is 0 Å². The molecule has 1 aromatic carbocycles. The normalized spacial score (nSPS) is 31.2. The molecule has 1 heteroatoms. The second-order valence-electron chi connectivity index (χ2n) is 8.19. The molecule has 1 unspecified atom stereocenters. The zero-order valence-corrected chi connectivity index (χ0v) is 14.4. The predicted molar refractivity (Wildman–Crippen MR) is 93.3 cm³/mol. The molecule has 3 atom stereocenters. The molecule has 0 saturated heterocycles. The Morgan fingerprint density at radius 1 is 1.23 bits per heavy atom. The van der Waals surface area contributed by atoms with E-state index in [0.29, 0.717) is 12.5 Å². The lowest BCUT2D eigenvalue weighted by Gasteiger charge is -2.26. The maximum Gasteiger partial charge on any atom is 0.0484 e. The van der Waals surface area contributed by atoms with Gasteiger partial charge < -0.3 is 5.11 Å². The van der Waals surface area contributed by atoms with Crippen LogP contribution in [0.5, 0.6) is 0 Å². The van der Waals surface area contributed by atoms with E-state index in [9.17, 15) is 5.11 Å². The van der Waals surface area contributed by atoms with E-state index in [1.165, 1.54) is 56.9 Å². The van der Waals surface area contributed by atoms with Crippen molar-refractivity contribution in [1.29, 1.82) is 0 Å². The Balaban J connectivity index is 1.68. The molecule has 0 aliphatic heterocycles. The summed E-state index contributed by atoms with van der Waals surface area (Å²) in [7, 11) is 0. The van der Waals surface area contributed by atoms with Gasteiger partial charge in [0, 0.05) is 6.61 Å². The van der Waals surface area contributed by atoms with Crippen LogP contribution in [0.25, 0.3) is 0 Å². The van der Waals surface area contributed by atoms with E-state index in [4.69, 9.17) is 0 Å². The third-order valence-corrected chi connectivity index (χ3v) is 6.22. The summed E-state index contributed by atoms with van der Waals surface area (Å²) in [4.78, 5) is 0. The lowest BCUT2D eigenvalue weighted by Crippen LogP contribution is -2.17. The lowest BCUT2D eigenvalue weighted by atomic mass is 9.79. The van der Waals surface area contributed by atoms with Gasteiger partial charge in [0.15, 0.2) is 0 Å². The number of aliphatic hydroxyl groups excluding tert-OH is 1. The molecule has 2 aliphatic carbocycles. The summed E-state index contributed by atoms with van der Waals surface area (Å²) in [5, 5.41) is 9.58.